The van der Waals surface area contributed by atoms with Gasteiger partial charge in [0.25, 0.3) is 5.97 Å². The molecule has 65 valence electrons. The summed E-state index contributed by atoms with van der Waals surface area (Å²) in [7, 11) is 0. The summed E-state index contributed by atoms with van der Waals surface area (Å²) in [6.07, 6.45) is 0. The maximum atomic E-state index is 9.00. The number of carboxylic acids is 1. The van der Waals surface area contributed by atoms with Gasteiger partial charge >= 0.3 is 0 Å². The lowest BCUT2D eigenvalue weighted by atomic mass is 10.5. The number of rotatable bonds is 2. The van der Waals surface area contributed by atoms with E-state index in [2.05, 4.69) is 27.7 Å². The van der Waals surface area contributed by atoms with Crippen LogP contribution in [0.1, 0.15) is 34.6 Å². The van der Waals surface area contributed by atoms with Crippen LogP contribution in [0, 0.1) is 0 Å². The molecule has 0 unspecified atom stereocenters. The second-order valence-electron chi connectivity index (χ2n) is 3.20. The molecule has 1 N–H and O–H groups in total. The molecule has 3 heteroatoms. The molecule has 1 radical (unpaired) electrons. The van der Waals surface area contributed by atoms with Crippen LogP contribution in [0.5, 0.6) is 0 Å². The third-order valence-electron chi connectivity index (χ3n) is 0.770. The molecule has 0 fully saturated rings. The third-order valence-corrected chi connectivity index (χ3v) is 2.31. The lowest BCUT2D eigenvalue weighted by Crippen LogP contribution is -1.98. The predicted octanol–water partition coefficient (Wildman–Crippen LogP) is 2.44. The van der Waals surface area contributed by atoms with E-state index in [1.165, 1.54) is 0 Å². The zero-order valence-corrected chi connectivity index (χ0v) is 9.24. The number of hydrogen-bond donors (Lipinski definition) is 1. The van der Waals surface area contributed by atoms with Crippen molar-refractivity contribution in [2.24, 2.45) is 0 Å². The van der Waals surface area contributed by atoms with Gasteiger partial charge in [0, 0.05) is 6.92 Å². The Hall–Kier alpha value is 0.00247. The van der Waals surface area contributed by atoms with E-state index in [1.807, 2.05) is 0 Å². The minimum absolute atomic E-state index is 0.713. The molecule has 2 nitrogen and oxygen atoms in total. The van der Waals surface area contributed by atoms with Crippen molar-refractivity contribution in [1.82, 2.24) is 0 Å². The van der Waals surface area contributed by atoms with Gasteiger partial charge in [0.1, 0.15) is 0 Å². The van der Waals surface area contributed by atoms with Crippen molar-refractivity contribution in [2.75, 3.05) is 0 Å². The quantitative estimate of drug-likeness (QED) is 0.651. The lowest BCUT2D eigenvalue weighted by Gasteiger charge is -2.02. The molecule has 0 aliphatic carbocycles. The average molecular weight is 173 g/mol. The molecular formula is C8H18AlO2. The van der Waals surface area contributed by atoms with E-state index in [0.29, 0.717) is 15.2 Å². The summed E-state index contributed by atoms with van der Waals surface area (Å²) in [6.45, 7) is 10.3. The highest BCUT2D eigenvalue weighted by Gasteiger charge is 1.99. The Balaban J connectivity index is 0. The van der Waals surface area contributed by atoms with Crippen LogP contribution in [0.25, 0.3) is 0 Å². The molecule has 0 aliphatic rings. The van der Waals surface area contributed by atoms with Gasteiger partial charge in [-0.3, -0.25) is 4.79 Å². The van der Waals surface area contributed by atoms with Crippen molar-refractivity contribution in [1.29, 1.82) is 0 Å². The molecule has 0 aromatic rings. The summed E-state index contributed by atoms with van der Waals surface area (Å²) in [5.74, 6) is -0.833. The van der Waals surface area contributed by atoms with Gasteiger partial charge in [0.2, 0.25) is 15.2 Å². The van der Waals surface area contributed by atoms with Crippen LogP contribution in [-0.4, -0.2) is 26.3 Å². The number of hydrogen-bond acceptors (Lipinski definition) is 1. The van der Waals surface area contributed by atoms with Gasteiger partial charge in [-0.2, -0.15) is 0 Å². The second-order valence-corrected chi connectivity index (χ2v) is 6.25. The van der Waals surface area contributed by atoms with E-state index < -0.39 is 5.97 Å². The summed E-state index contributed by atoms with van der Waals surface area (Å²) in [6, 6.07) is 0. The monoisotopic (exact) mass is 173 g/mol. The highest BCUT2D eigenvalue weighted by Crippen LogP contribution is 2.07. The molecule has 0 aliphatic heterocycles. The van der Waals surface area contributed by atoms with E-state index >= 15 is 0 Å². The molecule has 0 aromatic heterocycles. The minimum Gasteiger partial charge on any atom is -0.481 e. The summed E-state index contributed by atoms with van der Waals surface area (Å²) in [5, 5.41) is 7.42. The highest BCUT2D eigenvalue weighted by atomic mass is 27.1. The molecule has 0 saturated carbocycles. The smallest absolute Gasteiger partial charge is 0.300 e. The van der Waals surface area contributed by atoms with Crippen LogP contribution in [0.15, 0.2) is 0 Å². The van der Waals surface area contributed by atoms with Crippen molar-refractivity contribution in [3.63, 3.8) is 0 Å². The molecular weight excluding hydrogens is 155 g/mol. The van der Waals surface area contributed by atoms with E-state index in [1.54, 1.807) is 0 Å². The maximum absolute atomic E-state index is 9.00. The fourth-order valence-electron chi connectivity index (χ4n) is 0.770. The summed E-state index contributed by atoms with van der Waals surface area (Å²) < 4.78 is 1.92. The van der Waals surface area contributed by atoms with Crippen LogP contribution in [-0.2, 0) is 4.79 Å². The third kappa shape index (κ3) is 40.0. The largest absolute Gasteiger partial charge is 0.481 e. The molecule has 0 saturated heterocycles. The highest BCUT2D eigenvalue weighted by molar-refractivity contribution is 6.38. The van der Waals surface area contributed by atoms with Crippen LogP contribution >= 0.6 is 0 Å². The van der Waals surface area contributed by atoms with Gasteiger partial charge < -0.3 is 5.11 Å². The van der Waals surface area contributed by atoms with Gasteiger partial charge in [0.05, 0.1) is 0 Å². The average Bonchev–Trinajstić information content (AvgIpc) is 1.56. The van der Waals surface area contributed by atoms with Gasteiger partial charge in [0.15, 0.2) is 0 Å². The first kappa shape index (κ1) is 13.6. The first-order chi connectivity index (χ1) is 4.86. The Morgan fingerprint density at radius 3 is 1.36 bits per heavy atom. The zero-order chi connectivity index (χ0) is 9.44. The first-order valence-corrected chi connectivity index (χ1v) is 5.24. The lowest BCUT2D eigenvalue weighted by molar-refractivity contribution is -0.134. The molecule has 0 heterocycles. The first-order valence-electron chi connectivity index (χ1n) is 3.90. The van der Waals surface area contributed by atoms with Crippen LogP contribution in [0.2, 0.25) is 9.56 Å². The fraction of sp³-hybridized carbons (Fsp3) is 0.875. The van der Waals surface area contributed by atoms with Crippen molar-refractivity contribution in [3.05, 3.63) is 0 Å². The summed E-state index contributed by atoms with van der Waals surface area (Å²) >= 11 is 0.713. The zero-order valence-electron chi connectivity index (χ0n) is 8.09. The fourth-order valence-corrected chi connectivity index (χ4v) is 2.31. The van der Waals surface area contributed by atoms with Crippen molar-refractivity contribution < 1.29 is 9.90 Å². The normalized spacial score (nSPS) is 9.00. The SMILES string of the molecule is CC(=O)O.C[CH](C)[Al][CH](C)C. The van der Waals surface area contributed by atoms with Gasteiger partial charge in [-0.05, 0) is 0 Å². The molecule has 0 rings (SSSR count). The Morgan fingerprint density at radius 2 is 1.36 bits per heavy atom. The standard InChI is InChI=1S/2C3H7.C2H4O2.Al/c2*1-3-2;1-2(3)4;/h2*3H,1-2H3;1H3,(H,3,4);. The van der Waals surface area contributed by atoms with Crippen molar-refractivity contribution in [3.8, 4) is 0 Å². The van der Waals surface area contributed by atoms with Gasteiger partial charge in [-0.25, -0.2) is 0 Å². The Labute approximate surface area is 75.7 Å². The number of carbonyl (C=O) groups is 1. The second kappa shape index (κ2) is 8.10. The van der Waals surface area contributed by atoms with Gasteiger partial charge in [-0.1, -0.05) is 37.3 Å². The molecule has 0 bridgehead atoms. The summed E-state index contributed by atoms with van der Waals surface area (Å²) in [4.78, 5) is 9.00. The summed E-state index contributed by atoms with van der Waals surface area (Å²) in [5.41, 5.74) is 0. The molecule has 11 heavy (non-hydrogen) atoms. The number of aliphatic carboxylic acids is 1. The topological polar surface area (TPSA) is 37.3 Å². The van der Waals surface area contributed by atoms with Crippen LogP contribution in [0.4, 0.5) is 0 Å². The van der Waals surface area contributed by atoms with Crippen molar-refractivity contribution >= 4 is 21.2 Å². The van der Waals surface area contributed by atoms with Crippen molar-refractivity contribution in [2.45, 2.75) is 44.2 Å². The Kier molecular flexibility index (Phi) is 10.0. The molecule has 0 aromatic carbocycles. The van der Waals surface area contributed by atoms with E-state index in [0.717, 1.165) is 16.5 Å². The van der Waals surface area contributed by atoms with E-state index in [9.17, 15) is 0 Å². The predicted molar refractivity (Wildman–Crippen MR) is 49.3 cm³/mol. The molecule has 0 amide bonds. The Bertz CT molecular complexity index is 90.3. The Morgan fingerprint density at radius 1 is 1.18 bits per heavy atom. The van der Waals surface area contributed by atoms with Gasteiger partial charge in [-0.15, -0.1) is 0 Å². The number of carboxylic acid groups (broad SMARTS) is 1. The minimum atomic E-state index is -0.833. The molecule has 0 atom stereocenters. The van der Waals surface area contributed by atoms with Crippen LogP contribution < -0.4 is 0 Å². The maximum Gasteiger partial charge on any atom is 0.300 e. The van der Waals surface area contributed by atoms with E-state index in [4.69, 9.17) is 9.90 Å². The molecule has 0 spiro atoms. The van der Waals surface area contributed by atoms with E-state index in [-0.39, 0.29) is 0 Å². The van der Waals surface area contributed by atoms with Crippen LogP contribution in [0.3, 0.4) is 0 Å².